The number of ether oxygens (including phenoxy) is 1. The summed E-state index contributed by atoms with van der Waals surface area (Å²) in [4.78, 5) is 10.8. The second kappa shape index (κ2) is 12.8. The predicted octanol–water partition coefficient (Wildman–Crippen LogP) is 2.45. The lowest BCUT2D eigenvalue weighted by atomic mass is 10.2. The second-order valence-corrected chi connectivity index (χ2v) is 4.82. The van der Waals surface area contributed by atoms with Crippen molar-refractivity contribution in [2.45, 2.75) is 38.5 Å². The summed E-state index contributed by atoms with van der Waals surface area (Å²) in [5.41, 5.74) is 0. The Hall–Kier alpha value is -0.220. The lowest BCUT2D eigenvalue weighted by molar-refractivity contribution is -0.140. The van der Waals surface area contributed by atoms with Crippen molar-refractivity contribution in [3.05, 3.63) is 0 Å². The summed E-state index contributed by atoms with van der Waals surface area (Å²) < 4.78 is 4.56. The molecule has 1 N–H and O–H groups in total. The first-order chi connectivity index (χ1) is 7.81. The van der Waals surface area contributed by atoms with Crippen LogP contribution >= 0.6 is 11.8 Å². The van der Waals surface area contributed by atoms with Gasteiger partial charge in [-0.2, -0.15) is 11.8 Å². The van der Waals surface area contributed by atoms with Crippen molar-refractivity contribution in [2.24, 2.45) is 0 Å². The minimum atomic E-state index is -0.112. The Labute approximate surface area is 104 Å². The normalized spacial score (nSPS) is 10.4. The maximum Gasteiger partial charge on any atom is 0.305 e. The van der Waals surface area contributed by atoms with Gasteiger partial charge < -0.3 is 10.1 Å². The third-order valence-corrected chi connectivity index (χ3v) is 3.11. The number of carbonyl (C=O) groups is 1. The van der Waals surface area contributed by atoms with Gasteiger partial charge in [-0.1, -0.05) is 12.8 Å². The van der Waals surface area contributed by atoms with Crippen molar-refractivity contribution < 1.29 is 9.53 Å². The van der Waals surface area contributed by atoms with E-state index in [0.29, 0.717) is 6.42 Å². The predicted molar refractivity (Wildman–Crippen MR) is 71.0 cm³/mol. The molecule has 0 rings (SSSR count). The summed E-state index contributed by atoms with van der Waals surface area (Å²) in [7, 11) is 1.43. The number of methoxy groups -OCH3 is 1. The standard InChI is InChI=1S/C12H25NO2S/c1-15-12(14)8-7-10-13-9-5-3-4-6-11-16-2/h13H,3-11H2,1-2H3. The van der Waals surface area contributed by atoms with E-state index < -0.39 is 0 Å². The molecule has 4 heteroatoms. The Kier molecular flexibility index (Phi) is 12.7. The van der Waals surface area contributed by atoms with Gasteiger partial charge in [0.2, 0.25) is 0 Å². The minimum absolute atomic E-state index is 0.112. The van der Waals surface area contributed by atoms with E-state index in [1.54, 1.807) is 0 Å². The Balaban J connectivity index is 2.96. The van der Waals surface area contributed by atoms with Crippen LogP contribution in [0.4, 0.5) is 0 Å². The minimum Gasteiger partial charge on any atom is -0.469 e. The molecular formula is C12H25NO2S. The largest absolute Gasteiger partial charge is 0.469 e. The zero-order valence-electron chi connectivity index (χ0n) is 10.6. The molecule has 0 fully saturated rings. The summed E-state index contributed by atoms with van der Waals surface area (Å²) in [5, 5.41) is 3.34. The number of hydrogen-bond donors (Lipinski definition) is 1. The van der Waals surface area contributed by atoms with E-state index in [1.165, 1.54) is 38.5 Å². The van der Waals surface area contributed by atoms with Gasteiger partial charge in [0.15, 0.2) is 0 Å². The van der Waals surface area contributed by atoms with Crippen LogP contribution in [0.15, 0.2) is 0 Å². The molecule has 0 spiro atoms. The van der Waals surface area contributed by atoms with Crippen molar-refractivity contribution in [1.29, 1.82) is 0 Å². The topological polar surface area (TPSA) is 38.3 Å². The third kappa shape index (κ3) is 11.9. The molecule has 0 atom stereocenters. The first-order valence-electron chi connectivity index (χ1n) is 6.07. The van der Waals surface area contributed by atoms with Gasteiger partial charge in [-0.05, 0) is 44.4 Å². The van der Waals surface area contributed by atoms with Gasteiger partial charge in [0, 0.05) is 6.42 Å². The van der Waals surface area contributed by atoms with Gasteiger partial charge in [-0.25, -0.2) is 0 Å². The lowest BCUT2D eigenvalue weighted by Crippen LogP contribution is -2.17. The molecule has 0 aliphatic heterocycles. The number of hydrogen-bond acceptors (Lipinski definition) is 4. The monoisotopic (exact) mass is 247 g/mol. The highest BCUT2D eigenvalue weighted by molar-refractivity contribution is 7.98. The van der Waals surface area contributed by atoms with Gasteiger partial charge in [0.25, 0.3) is 0 Å². The molecule has 0 aromatic rings. The summed E-state index contributed by atoms with van der Waals surface area (Å²) >= 11 is 1.92. The smallest absolute Gasteiger partial charge is 0.305 e. The highest BCUT2D eigenvalue weighted by atomic mass is 32.2. The van der Waals surface area contributed by atoms with Gasteiger partial charge >= 0.3 is 5.97 Å². The first kappa shape index (κ1) is 15.8. The molecule has 0 saturated carbocycles. The van der Waals surface area contributed by atoms with Crippen molar-refractivity contribution >= 4 is 17.7 Å². The Morgan fingerprint density at radius 3 is 2.50 bits per heavy atom. The van der Waals surface area contributed by atoms with Crippen molar-refractivity contribution in [2.75, 3.05) is 32.2 Å². The van der Waals surface area contributed by atoms with Crippen molar-refractivity contribution in [3.8, 4) is 0 Å². The van der Waals surface area contributed by atoms with Gasteiger partial charge in [-0.3, -0.25) is 4.79 Å². The molecule has 0 aliphatic rings. The van der Waals surface area contributed by atoms with Crippen LogP contribution in [-0.2, 0) is 9.53 Å². The Morgan fingerprint density at radius 2 is 1.81 bits per heavy atom. The Bertz CT molecular complexity index is 165. The number of thioether (sulfide) groups is 1. The van der Waals surface area contributed by atoms with Crippen LogP contribution in [-0.4, -0.2) is 38.2 Å². The first-order valence-corrected chi connectivity index (χ1v) is 7.47. The highest BCUT2D eigenvalue weighted by Gasteiger charge is 1.98. The number of esters is 1. The fraction of sp³-hybridized carbons (Fsp3) is 0.917. The third-order valence-electron chi connectivity index (χ3n) is 2.41. The SMILES string of the molecule is COC(=O)CCCNCCCCCCSC. The number of unbranched alkanes of at least 4 members (excludes halogenated alkanes) is 3. The maximum atomic E-state index is 10.8. The molecule has 0 aromatic carbocycles. The van der Waals surface area contributed by atoms with Crippen LogP contribution in [0.25, 0.3) is 0 Å². The molecule has 16 heavy (non-hydrogen) atoms. The highest BCUT2D eigenvalue weighted by Crippen LogP contribution is 2.03. The van der Waals surface area contributed by atoms with E-state index in [0.717, 1.165) is 19.5 Å². The van der Waals surface area contributed by atoms with E-state index in [4.69, 9.17) is 0 Å². The summed E-state index contributed by atoms with van der Waals surface area (Å²) in [5.74, 6) is 1.17. The Morgan fingerprint density at radius 1 is 1.12 bits per heavy atom. The molecule has 0 radical (unpaired) electrons. The van der Waals surface area contributed by atoms with E-state index in [-0.39, 0.29) is 5.97 Å². The van der Waals surface area contributed by atoms with Crippen molar-refractivity contribution in [3.63, 3.8) is 0 Å². The van der Waals surface area contributed by atoms with Crippen LogP contribution in [0, 0.1) is 0 Å². The molecule has 0 heterocycles. The summed E-state index contributed by atoms with van der Waals surface area (Å²) in [6, 6.07) is 0. The second-order valence-electron chi connectivity index (χ2n) is 3.84. The molecule has 0 unspecified atom stereocenters. The van der Waals surface area contributed by atoms with Gasteiger partial charge in [-0.15, -0.1) is 0 Å². The number of rotatable bonds is 11. The maximum absolute atomic E-state index is 10.8. The molecule has 0 bridgehead atoms. The zero-order valence-corrected chi connectivity index (χ0v) is 11.4. The summed E-state index contributed by atoms with van der Waals surface area (Å²) in [6.07, 6.45) is 8.78. The molecule has 3 nitrogen and oxygen atoms in total. The molecule has 0 amide bonds. The molecule has 96 valence electrons. The van der Waals surface area contributed by atoms with Gasteiger partial charge in [0.1, 0.15) is 0 Å². The molecule has 0 aliphatic carbocycles. The average molecular weight is 247 g/mol. The zero-order chi connectivity index (χ0) is 12.1. The van der Waals surface area contributed by atoms with Gasteiger partial charge in [0.05, 0.1) is 7.11 Å². The number of carbonyl (C=O) groups excluding carboxylic acids is 1. The van der Waals surface area contributed by atoms with Crippen LogP contribution in [0.2, 0.25) is 0 Å². The summed E-state index contributed by atoms with van der Waals surface area (Å²) in [6.45, 7) is 1.99. The fourth-order valence-electron chi connectivity index (χ4n) is 1.43. The molecule has 0 saturated heterocycles. The van der Waals surface area contributed by atoms with Crippen LogP contribution in [0.1, 0.15) is 38.5 Å². The average Bonchev–Trinajstić information content (AvgIpc) is 2.31. The van der Waals surface area contributed by atoms with E-state index in [1.807, 2.05) is 11.8 Å². The van der Waals surface area contributed by atoms with E-state index in [2.05, 4.69) is 16.3 Å². The fourth-order valence-corrected chi connectivity index (χ4v) is 1.93. The quantitative estimate of drug-likeness (QED) is 0.449. The van der Waals surface area contributed by atoms with Crippen LogP contribution in [0.3, 0.4) is 0 Å². The molecular weight excluding hydrogens is 222 g/mol. The van der Waals surface area contributed by atoms with E-state index in [9.17, 15) is 4.79 Å². The number of nitrogens with one attached hydrogen (secondary N) is 1. The molecule has 0 aromatic heterocycles. The van der Waals surface area contributed by atoms with Crippen LogP contribution < -0.4 is 5.32 Å². The lowest BCUT2D eigenvalue weighted by Gasteiger charge is -2.04. The van der Waals surface area contributed by atoms with Crippen LogP contribution in [0.5, 0.6) is 0 Å². The van der Waals surface area contributed by atoms with Crippen molar-refractivity contribution in [1.82, 2.24) is 5.32 Å². The van der Waals surface area contributed by atoms with E-state index >= 15 is 0 Å².